The highest BCUT2D eigenvalue weighted by Crippen LogP contribution is 2.35. The second-order valence-electron chi connectivity index (χ2n) is 5.50. The smallest absolute Gasteiger partial charge is 0.166 e. The van der Waals surface area contributed by atoms with Crippen molar-refractivity contribution in [1.29, 1.82) is 5.26 Å². The van der Waals surface area contributed by atoms with Gasteiger partial charge >= 0.3 is 0 Å². The molecule has 1 aliphatic carbocycles. The van der Waals surface area contributed by atoms with E-state index >= 15 is 0 Å². The van der Waals surface area contributed by atoms with Crippen LogP contribution < -0.4 is 14.8 Å². The summed E-state index contributed by atoms with van der Waals surface area (Å²) in [5.41, 5.74) is 0.851. The maximum absolute atomic E-state index is 9.56. The molecule has 4 nitrogen and oxygen atoms in total. The van der Waals surface area contributed by atoms with Gasteiger partial charge in [-0.15, -0.1) is 0 Å². The predicted molar refractivity (Wildman–Crippen MR) is 82.5 cm³/mol. The first-order chi connectivity index (χ1) is 10.3. The number of rotatable bonds is 5. The Morgan fingerprint density at radius 1 is 1.14 bits per heavy atom. The van der Waals surface area contributed by atoms with Gasteiger partial charge in [0, 0.05) is 11.6 Å². The van der Waals surface area contributed by atoms with Crippen molar-refractivity contribution >= 4 is 0 Å². The zero-order chi connectivity index (χ0) is 15.1. The summed E-state index contributed by atoms with van der Waals surface area (Å²) in [6.45, 7) is 0. The van der Waals surface area contributed by atoms with Crippen LogP contribution in [0.15, 0.2) is 18.2 Å². The van der Waals surface area contributed by atoms with Crippen molar-refractivity contribution in [3.05, 3.63) is 23.8 Å². The molecule has 21 heavy (non-hydrogen) atoms. The van der Waals surface area contributed by atoms with E-state index in [1.165, 1.54) is 25.7 Å². The molecule has 0 amide bonds. The van der Waals surface area contributed by atoms with Gasteiger partial charge in [0.2, 0.25) is 0 Å². The third kappa shape index (κ3) is 3.89. The second kappa shape index (κ2) is 7.90. The van der Waals surface area contributed by atoms with Crippen LogP contribution in [-0.2, 0) is 0 Å². The van der Waals surface area contributed by atoms with Gasteiger partial charge in [-0.1, -0.05) is 37.8 Å². The summed E-state index contributed by atoms with van der Waals surface area (Å²) >= 11 is 0. The Hall–Kier alpha value is -1.73. The summed E-state index contributed by atoms with van der Waals surface area (Å²) < 4.78 is 10.8. The third-order valence-electron chi connectivity index (χ3n) is 4.13. The highest BCUT2D eigenvalue weighted by atomic mass is 16.5. The van der Waals surface area contributed by atoms with Crippen molar-refractivity contribution in [2.75, 3.05) is 14.2 Å². The lowest BCUT2D eigenvalue weighted by Gasteiger charge is -2.22. The molecule has 114 valence electrons. The molecule has 1 N–H and O–H groups in total. The van der Waals surface area contributed by atoms with E-state index < -0.39 is 0 Å². The molecular weight excluding hydrogens is 264 g/mol. The molecule has 1 saturated carbocycles. The predicted octanol–water partition coefficient (Wildman–Crippen LogP) is 3.58. The Morgan fingerprint density at radius 2 is 1.86 bits per heavy atom. The van der Waals surface area contributed by atoms with Gasteiger partial charge in [0.25, 0.3) is 0 Å². The Bertz CT molecular complexity index is 488. The van der Waals surface area contributed by atoms with Crippen LogP contribution in [0, 0.1) is 11.3 Å². The number of nitriles is 1. The van der Waals surface area contributed by atoms with Crippen molar-refractivity contribution in [3.63, 3.8) is 0 Å². The number of nitrogens with zero attached hydrogens (tertiary/aromatic N) is 1. The monoisotopic (exact) mass is 288 g/mol. The molecule has 1 unspecified atom stereocenters. The van der Waals surface area contributed by atoms with Gasteiger partial charge in [-0.05, 0) is 18.9 Å². The number of methoxy groups -OCH3 is 2. The molecule has 1 aromatic carbocycles. The maximum atomic E-state index is 9.56. The Labute approximate surface area is 127 Å². The van der Waals surface area contributed by atoms with Crippen molar-refractivity contribution in [1.82, 2.24) is 5.32 Å². The molecule has 1 atom stereocenters. The molecule has 1 aromatic rings. The number of para-hydroxylation sites is 1. The minimum absolute atomic E-state index is 0.363. The van der Waals surface area contributed by atoms with E-state index in [-0.39, 0.29) is 6.04 Å². The van der Waals surface area contributed by atoms with E-state index in [0.717, 1.165) is 18.4 Å². The summed E-state index contributed by atoms with van der Waals surface area (Å²) in [6.07, 6.45) is 7.38. The number of hydrogen-bond acceptors (Lipinski definition) is 4. The topological polar surface area (TPSA) is 54.3 Å². The fraction of sp³-hybridized carbons (Fsp3) is 0.588. The molecule has 0 bridgehead atoms. The number of nitrogens with one attached hydrogen (secondary N) is 1. The molecule has 4 heteroatoms. The molecule has 0 aromatic heterocycles. The van der Waals surface area contributed by atoms with Crippen LogP contribution in [0.3, 0.4) is 0 Å². The molecule has 1 fully saturated rings. The van der Waals surface area contributed by atoms with Gasteiger partial charge in [0.1, 0.15) is 6.04 Å². The molecule has 0 aliphatic heterocycles. The fourth-order valence-corrected chi connectivity index (χ4v) is 3.02. The van der Waals surface area contributed by atoms with E-state index in [0.29, 0.717) is 17.5 Å². The van der Waals surface area contributed by atoms with Gasteiger partial charge in [0.15, 0.2) is 11.5 Å². The largest absolute Gasteiger partial charge is 0.493 e. The van der Waals surface area contributed by atoms with Crippen LogP contribution in [0.5, 0.6) is 11.5 Å². The van der Waals surface area contributed by atoms with Crippen LogP contribution >= 0.6 is 0 Å². The zero-order valence-corrected chi connectivity index (χ0v) is 12.9. The molecule has 2 rings (SSSR count). The minimum atomic E-state index is -0.363. The lowest BCUT2D eigenvalue weighted by Crippen LogP contribution is -2.32. The normalized spacial score (nSPS) is 17.6. The lowest BCUT2D eigenvalue weighted by atomic mass is 10.0. The third-order valence-corrected chi connectivity index (χ3v) is 4.13. The van der Waals surface area contributed by atoms with Gasteiger partial charge in [-0.3, -0.25) is 5.32 Å². The molecule has 0 spiro atoms. The standard InChI is InChI=1S/C17H24N2O2/c1-20-16-11-7-10-14(17(16)21-2)15(12-18)19-13-8-5-3-4-6-9-13/h7,10-11,13,15,19H,3-6,8-9H2,1-2H3. The Morgan fingerprint density at radius 3 is 2.43 bits per heavy atom. The molecule has 1 aliphatic rings. The highest BCUT2D eigenvalue weighted by Gasteiger charge is 2.22. The first-order valence-electron chi connectivity index (χ1n) is 7.66. The lowest BCUT2D eigenvalue weighted by molar-refractivity contribution is 0.346. The second-order valence-corrected chi connectivity index (χ2v) is 5.50. The summed E-state index contributed by atoms with van der Waals surface area (Å²) in [5.74, 6) is 1.31. The fourth-order valence-electron chi connectivity index (χ4n) is 3.02. The summed E-state index contributed by atoms with van der Waals surface area (Å²) in [5, 5.41) is 13.0. The number of ether oxygens (including phenoxy) is 2. The van der Waals surface area contributed by atoms with Crippen molar-refractivity contribution in [3.8, 4) is 17.6 Å². The Kier molecular flexibility index (Phi) is 5.89. The molecule has 0 radical (unpaired) electrons. The first-order valence-corrected chi connectivity index (χ1v) is 7.66. The highest BCUT2D eigenvalue weighted by molar-refractivity contribution is 5.49. The van der Waals surface area contributed by atoms with Gasteiger partial charge in [-0.25, -0.2) is 0 Å². The van der Waals surface area contributed by atoms with E-state index in [4.69, 9.17) is 9.47 Å². The van der Waals surface area contributed by atoms with E-state index in [2.05, 4.69) is 11.4 Å². The number of hydrogen-bond donors (Lipinski definition) is 1. The average molecular weight is 288 g/mol. The van der Waals surface area contributed by atoms with Gasteiger partial charge in [-0.2, -0.15) is 5.26 Å². The zero-order valence-electron chi connectivity index (χ0n) is 12.9. The Balaban J connectivity index is 2.19. The van der Waals surface area contributed by atoms with Crippen molar-refractivity contribution in [2.24, 2.45) is 0 Å². The van der Waals surface area contributed by atoms with E-state index in [1.807, 2.05) is 18.2 Å². The van der Waals surface area contributed by atoms with Crippen LogP contribution in [0.25, 0.3) is 0 Å². The van der Waals surface area contributed by atoms with Crippen LogP contribution in [0.4, 0.5) is 0 Å². The maximum Gasteiger partial charge on any atom is 0.166 e. The van der Waals surface area contributed by atoms with Gasteiger partial charge < -0.3 is 9.47 Å². The van der Waals surface area contributed by atoms with Crippen molar-refractivity contribution < 1.29 is 9.47 Å². The number of benzene rings is 1. The van der Waals surface area contributed by atoms with Crippen LogP contribution in [-0.4, -0.2) is 20.3 Å². The van der Waals surface area contributed by atoms with Crippen LogP contribution in [0.2, 0.25) is 0 Å². The summed E-state index contributed by atoms with van der Waals surface area (Å²) in [7, 11) is 3.23. The van der Waals surface area contributed by atoms with Crippen molar-refractivity contribution in [2.45, 2.75) is 50.6 Å². The van der Waals surface area contributed by atoms with E-state index in [9.17, 15) is 5.26 Å². The van der Waals surface area contributed by atoms with E-state index in [1.54, 1.807) is 14.2 Å². The molecular formula is C17H24N2O2. The first kappa shape index (κ1) is 15.7. The average Bonchev–Trinajstić information content (AvgIpc) is 2.80. The van der Waals surface area contributed by atoms with Crippen LogP contribution in [0.1, 0.15) is 50.1 Å². The SMILES string of the molecule is COc1cccc(C(C#N)NC2CCCCCC2)c1OC. The quantitative estimate of drug-likeness (QED) is 0.841. The summed E-state index contributed by atoms with van der Waals surface area (Å²) in [4.78, 5) is 0. The summed E-state index contributed by atoms with van der Waals surface area (Å²) in [6, 6.07) is 8.09. The molecule has 0 heterocycles. The minimum Gasteiger partial charge on any atom is -0.493 e. The molecule has 0 saturated heterocycles. The van der Waals surface area contributed by atoms with Gasteiger partial charge in [0.05, 0.1) is 20.3 Å².